The number of rotatable bonds is 11. The molecule has 0 aliphatic heterocycles. The number of sulfonamides is 1. The van der Waals surface area contributed by atoms with Crippen molar-refractivity contribution in [3.05, 3.63) is 82.3 Å². The Labute approximate surface area is 221 Å². The van der Waals surface area contributed by atoms with Gasteiger partial charge in [0, 0.05) is 29.1 Å². The molecule has 0 saturated carbocycles. The van der Waals surface area contributed by atoms with E-state index in [0.717, 1.165) is 10.2 Å². The van der Waals surface area contributed by atoms with Gasteiger partial charge in [-0.25, -0.2) is 8.42 Å². The lowest BCUT2D eigenvalue weighted by atomic mass is 10.2. The summed E-state index contributed by atoms with van der Waals surface area (Å²) in [6.07, 6.45) is 0. The van der Waals surface area contributed by atoms with E-state index in [1.807, 2.05) is 61.5 Å². The molecule has 6 nitrogen and oxygen atoms in total. The third kappa shape index (κ3) is 7.78. The highest BCUT2D eigenvalue weighted by Gasteiger charge is 2.26. The van der Waals surface area contributed by atoms with Crippen molar-refractivity contribution in [2.75, 3.05) is 50.0 Å². The molecule has 0 aromatic heterocycles. The second-order valence-corrected chi connectivity index (χ2v) is 10.8. The molecule has 3 aromatic rings. The molecule has 10 heteroatoms. The average molecular weight is 589 g/mol. The molecule has 0 heterocycles. The maximum atomic E-state index is 13.6. The lowest BCUT2D eigenvalue weighted by Crippen LogP contribution is -2.37. The first-order chi connectivity index (χ1) is 15.8. The van der Waals surface area contributed by atoms with Crippen LogP contribution in [-0.4, -0.2) is 53.7 Å². The fourth-order valence-corrected chi connectivity index (χ4v) is 4.99. The number of para-hydroxylation sites is 2. The molecule has 0 radical (unpaired) electrons. The van der Waals surface area contributed by atoms with E-state index in [2.05, 4.69) is 21.2 Å². The largest absolute Gasteiger partial charge is 0.492 e. The summed E-state index contributed by atoms with van der Waals surface area (Å²) in [7, 11) is 0.0324. The van der Waals surface area contributed by atoms with E-state index in [4.69, 9.17) is 16.3 Å². The zero-order chi connectivity index (χ0) is 23.8. The number of hydrogen-bond donors (Lipinski definition) is 1. The predicted molar refractivity (Wildman–Crippen MR) is 146 cm³/mol. The van der Waals surface area contributed by atoms with Crippen LogP contribution in [0.3, 0.4) is 0 Å². The van der Waals surface area contributed by atoms with Gasteiger partial charge in [0.1, 0.15) is 12.4 Å². The molecule has 0 unspecified atom stereocenters. The summed E-state index contributed by atoms with van der Waals surface area (Å²) in [4.78, 5) is 2.14. The number of anilines is 2. The summed E-state index contributed by atoms with van der Waals surface area (Å²) >= 11 is 9.38. The first kappa shape index (κ1) is 28.3. The maximum absolute atomic E-state index is 13.6. The molecule has 0 fully saturated rings. The van der Waals surface area contributed by atoms with Crippen LogP contribution in [0, 0.1) is 0 Å². The summed E-state index contributed by atoms with van der Waals surface area (Å²) in [6, 6.07) is 21.2. The van der Waals surface area contributed by atoms with Crippen molar-refractivity contribution < 1.29 is 13.2 Å². The van der Waals surface area contributed by atoms with Crippen LogP contribution in [0.25, 0.3) is 0 Å². The summed E-state index contributed by atoms with van der Waals surface area (Å²) < 4.78 is 35.3. The van der Waals surface area contributed by atoms with E-state index in [1.54, 1.807) is 18.2 Å². The Morgan fingerprint density at radius 1 is 0.941 bits per heavy atom. The van der Waals surface area contributed by atoms with Gasteiger partial charge in [-0.3, -0.25) is 4.31 Å². The van der Waals surface area contributed by atoms with Gasteiger partial charge < -0.3 is 15.0 Å². The Kier molecular flexibility index (Phi) is 11.0. The normalized spacial score (nSPS) is 11.1. The number of halogens is 3. The van der Waals surface area contributed by atoms with Crippen molar-refractivity contribution in [1.29, 1.82) is 0 Å². The molecule has 3 rings (SSSR count). The molecular formula is C24H28BrCl2N3O3S. The minimum atomic E-state index is -3.79. The summed E-state index contributed by atoms with van der Waals surface area (Å²) in [5, 5.41) is 3.81. The summed E-state index contributed by atoms with van der Waals surface area (Å²) in [5.41, 5.74) is 1.30. The molecule has 0 amide bonds. The molecule has 0 aliphatic carbocycles. The van der Waals surface area contributed by atoms with Crippen molar-refractivity contribution in [3.8, 4) is 5.75 Å². The van der Waals surface area contributed by atoms with E-state index < -0.39 is 10.0 Å². The Balaban J connectivity index is 0.00000408. The van der Waals surface area contributed by atoms with Crippen LogP contribution in [0.5, 0.6) is 5.75 Å². The molecular weight excluding hydrogens is 561 g/mol. The van der Waals surface area contributed by atoms with Gasteiger partial charge in [0.2, 0.25) is 0 Å². The molecule has 0 aliphatic rings. The Bertz CT molecular complexity index is 1140. The van der Waals surface area contributed by atoms with Crippen LogP contribution in [0.2, 0.25) is 5.02 Å². The van der Waals surface area contributed by atoms with Crippen LogP contribution in [0.4, 0.5) is 11.4 Å². The minimum Gasteiger partial charge on any atom is -0.492 e. The van der Waals surface area contributed by atoms with Gasteiger partial charge in [0.05, 0.1) is 16.3 Å². The van der Waals surface area contributed by atoms with E-state index >= 15 is 0 Å². The standard InChI is InChI=1S/C24H27BrClN3O3S.ClH/c1-28(2)16-17-29(33(30,31)22-13-9-20(26)10-14-22)24-6-4-3-5-23(24)27-15-18-32-21-11-7-19(25)8-12-21;/h3-14,27H,15-18H2,1-2H3;1H. The molecule has 3 aromatic carbocycles. The zero-order valence-corrected chi connectivity index (χ0v) is 22.9. The molecule has 0 saturated heterocycles. The molecule has 1 N–H and O–H groups in total. The van der Waals surface area contributed by atoms with Crippen molar-refractivity contribution >= 4 is 61.3 Å². The number of hydrogen-bond acceptors (Lipinski definition) is 5. The third-order valence-corrected chi connectivity index (χ3v) is 7.43. The zero-order valence-electron chi connectivity index (χ0n) is 18.9. The Morgan fingerprint density at radius 3 is 2.24 bits per heavy atom. The predicted octanol–water partition coefficient (Wildman–Crippen LogP) is 5.77. The number of benzene rings is 3. The number of nitrogens with zero attached hydrogens (tertiary/aromatic N) is 2. The summed E-state index contributed by atoms with van der Waals surface area (Å²) in [5.74, 6) is 0.770. The topological polar surface area (TPSA) is 61.9 Å². The first-order valence-electron chi connectivity index (χ1n) is 10.4. The smallest absolute Gasteiger partial charge is 0.264 e. The Hall–Kier alpha value is -1.97. The van der Waals surface area contributed by atoms with Crippen molar-refractivity contribution in [1.82, 2.24) is 4.90 Å². The van der Waals surface area contributed by atoms with Crippen LogP contribution >= 0.6 is 39.9 Å². The van der Waals surface area contributed by atoms with E-state index in [-0.39, 0.29) is 17.3 Å². The van der Waals surface area contributed by atoms with Crippen molar-refractivity contribution in [2.45, 2.75) is 4.90 Å². The first-order valence-corrected chi connectivity index (χ1v) is 13.0. The molecule has 0 atom stereocenters. The number of likely N-dealkylation sites (N-methyl/N-ethyl adjacent to an activating group) is 1. The quantitative estimate of drug-likeness (QED) is 0.288. The monoisotopic (exact) mass is 587 g/mol. The third-order valence-electron chi connectivity index (χ3n) is 4.82. The molecule has 34 heavy (non-hydrogen) atoms. The Morgan fingerprint density at radius 2 is 1.59 bits per heavy atom. The van der Waals surface area contributed by atoms with Gasteiger partial charge in [-0.05, 0) is 74.8 Å². The van der Waals surface area contributed by atoms with Gasteiger partial charge in [0.15, 0.2) is 0 Å². The van der Waals surface area contributed by atoms with Crippen molar-refractivity contribution in [2.24, 2.45) is 0 Å². The summed E-state index contributed by atoms with van der Waals surface area (Å²) in [6.45, 7) is 1.80. The SMILES string of the molecule is CN(C)CCN(c1ccccc1NCCOc1ccc(Br)cc1)S(=O)(=O)c1ccc(Cl)cc1.Cl. The molecule has 0 spiro atoms. The van der Waals surface area contributed by atoms with Crippen LogP contribution in [0.1, 0.15) is 0 Å². The van der Waals surface area contributed by atoms with E-state index in [9.17, 15) is 8.42 Å². The lowest BCUT2D eigenvalue weighted by Gasteiger charge is -2.28. The fraction of sp³-hybridized carbons (Fsp3) is 0.250. The number of ether oxygens (including phenoxy) is 1. The van der Waals surface area contributed by atoms with E-state index in [1.165, 1.54) is 16.4 Å². The van der Waals surface area contributed by atoms with Gasteiger partial charge >= 0.3 is 0 Å². The van der Waals surface area contributed by atoms with Gasteiger partial charge in [0.25, 0.3) is 10.0 Å². The lowest BCUT2D eigenvalue weighted by molar-refractivity contribution is 0.333. The van der Waals surface area contributed by atoms with Crippen LogP contribution < -0.4 is 14.4 Å². The highest BCUT2D eigenvalue weighted by molar-refractivity contribution is 9.10. The van der Waals surface area contributed by atoms with Crippen LogP contribution in [0.15, 0.2) is 82.2 Å². The van der Waals surface area contributed by atoms with Gasteiger partial charge in [-0.1, -0.05) is 39.7 Å². The van der Waals surface area contributed by atoms with Crippen molar-refractivity contribution in [3.63, 3.8) is 0 Å². The number of nitrogens with one attached hydrogen (secondary N) is 1. The maximum Gasteiger partial charge on any atom is 0.264 e. The van der Waals surface area contributed by atoms with Gasteiger partial charge in [-0.15, -0.1) is 12.4 Å². The fourth-order valence-electron chi connectivity index (χ4n) is 3.12. The van der Waals surface area contributed by atoms with Crippen LogP contribution in [-0.2, 0) is 10.0 Å². The highest BCUT2D eigenvalue weighted by atomic mass is 79.9. The second kappa shape index (κ2) is 13.2. The van der Waals surface area contributed by atoms with E-state index in [0.29, 0.717) is 42.6 Å². The molecule has 0 bridgehead atoms. The molecule has 184 valence electrons. The average Bonchev–Trinajstić information content (AvgIpc) is 2.79. The van der Waals surface area contributed by atoms with Gasteiger partial charge in [-0.2, -0.15) is 0 Å². The highest BCUT2D eigenvalue weighted by Crippen LogP contribution is 2.31. The minimum absolute atomic E-state index is 0. The second-order valence-electron chi connectivity index (χ2n) is 7.58.